The van der Waals surface area contributed by atoms with Crippen LogP contribution >= 0.6 is 0 Å². The first-order chi connectivity index (χ1) is 5.72. The van der Waals surface area contributed by atoms with Crippen LogP contribution in [0.3, 0.4) is 0 Å². The minimum atomic E-state index is -0.176. The standard InChI is InChI=1S/C8H15N3O/c1-3-4-6-10-8(12)11(2)7-5-9/h3-4,6-7H2,1-2H3,(H,10,12). The molecule has 0 aromatic carbocycles. The summed E-state index contributed by atoms with van der Waals surface area (Å²) in [5.74, 6) is 0. The van der Waals surface area contributed by atoms with Crippen molar-refractivity contribution < 1.29 is 4.79 Å². The minimum Gasteiger partial charge on any atom is -0.338 e. The van der Waals surface area contributed by atoms with E-state index in [-0.39, 0.29) is 12.6 Å². The first-order valence-corrected chi connectivity index (χ1v) is 4.08. The van der Waals surface area contributed by atoms with Gasteiger partial charge >= 0.3 is 6.03 Å². The fraction of sp³-hybridized carbons (Fsp3) is 0.750. The van der Waals surface area contributed by atoms with E-state index >= 15 is 0 Å². The lowest BCUT2D eigenvalue weighted by atomic mass is 10.3. The van der Waals surface area contributed by atoms with Crippen LogP contribution in [0.1, 0.15) is 19.8 Å². The van der Waals surface area contributed by atoms with E-state index < -0.39 is 0 Å². The van der Waals surface area contributed by atoms with Crippen molar-refractivity contribution in [1.82, 2.24) is 10.2 Å². The lowest BCUT2D eigenvalue weighted by molar-refractivity contribution is 0.213. The van der Waals surface area contributed by atoms with Crippen molar-refractivity contribution in [3.05, 3.63) is 0 Å². The van der Waals surface area contributed by atoms with Crippen molar-refractivity contribution in [3.63, 3.8) is 0 Å². The normalized spacial score (nSPS) is 8.75. The zero-order chi connectivity index (χ0) is 9.40. The van der Waals surface area contributed by atoms with E-state index in [0.717, 1.165) is 12.8 Å². The van der Waals surface area contributed by atoms with Gasteiger partial charge in [0.1, 0.15) is 6.54 Å². The van der Waals surface area contributed by atoms with Crippen LogP contribution < -0.4 is 5.32 Å². The average Bonchev–Trinajstić information content (AvgIpc) is 2.05. The Morgan fingerprint density at radius 3 is 2.83 bits per heavy atom. The topological polar surface area (TPSA) is 56.1 Å². The lowest BCUT2D eigenvalue weighted by Gasteiger charge is -2.13. The largest absolute Gasteiger partial charge is 0.338 e. The van der Waals surface area contributed by atoms with E-state index in [4.69, 9.17) is 5.26 Å². The number of hydrogen-bond acceptors (Lipinski definition) is 2. The van der Waals surface area contributed by atoms with E-state index in [2.05, 4.69) is 12.2 Å². The van der Waals surface area contributed by atoms with Crippen molar-refractivity contribution in [1.29, 1.82) is 5.26 Å². The molecule has 0 bridgehead atoms. The number of amides is 2. The number of carbonyl (C=O) groups is 1. The molecule has 0 aliphatic heterocycles. The second kappa shape index (κ2) is 6.47. The summed E-state index contributed by atoms with van der Waals surface area (Å²) < 4.78 is 0. The number of unbranched alkanes of at least 4 members (excludes halogenated alkanes) is 1. The van der Waals surface area contributed by atoms with Crippen LogP contribution in [0.15, 0.2) is 0 Å². The summed E-state index contributed by atoms with van der Waals surface area (Å²) in [7, 11) is 1.60. The molecule has 0 radical (unpaired) electrons. The van der Waals surface area contributed by atoms with Gasteiger partial charge in [-0.25, -0.2) is 4.79 Å². The number of nitrogens with one attached hydrogen (secondary N) is 1. The Kier molecular flexibility index (Phi) is 5.80. The van der Waals surface area contributed by atoms with E-state index in [1.54, 1.807) is 7.05 Å². The van der Waals surface area contributed by atoms with Crippen LogP contribution in [-0.4, -0.2) is 31.1 Å². The molecule has 0 saturated carbocycles. The number of hydrogen-bond donors (Lipinski definition) is 1. The van der Waals surface area contributed by atoms with Gasteiger partial charge in [0.05, 0.1) is 6.07 Å². The predicted octanol–water partition coefficient (Wildman–Crippen LogP) is 0.951. The fourth-order valence-corrected chi connectivity index (χ4v) is 0.685. The minimum absolute atomic E-state index is 0.137. The highest BCUT2D eigenvalue weighted by Gasteiger charge is 2.04. The van der Waals surface area contributed by atoms with Gasteiger partial charge in [-0.2, -0.15) is 5.26 Å². The summed E-state index contributed by atoms with van der Waals surface area (Å²) >= 11 is 0. The van der Waals surface area contributed by atoms with Crippen molar-refractivity contribution >= 4 is 6.03 Å². The maximum atomic E-state index is 11.1. The van der Waals surface area contributed by atoms with Gasteiger partial charge in [0.25, 0.3) is 0 Å². The number of nitrogens with zero attached hydrogens (tertiary/aromatic N) is 2. The van der Waals surface area contributed by atoms with Gasteiger partial charge < -0.3 is 10.2 Å². The van der Waals surface area contributed by atoms with E-state index in [1.807, 2.05) is 6.07 Å². The third-order valence-corrected chi connectivity index (χ3v) is 1.46. The van der Waals surface area contributed by atoms with Crippen molar-refractivity contribution in [2.45, 2.75) is 19.8 Å². The number of rotatable bonds is 4. The van der Waals surface area contributed by atoms with Crippen LogP contribution in [0.5, 0.6) is 0 Å². The molecule has 0 aliphatic carbocycles. The van der Waals surface area contributed by atoms with Crippen LogP contribution in [0.2, 0.25) is 0 Å². The first-order valence-electron chi connectivity index (χ1n) is 4.08. The molecule has 0 rings (SSSR count). The molecule has 0 unspecified atom stereocenters. The molecule has 0 atom stereocenters. The maximum Gasteiger partial charge on any atom is 0.317 e. The molecular weight excluding hydrogens is 154 g/mol. The van der Waals surface area contributed by atoms with Gasteiger partial charge in [-0.05, 0) is 6.42 Å². The number of urea groups is 1. The van der Waals surface area contributed by atoms with Gasteiger partial charge in [-0.15, -0.1) is 0 Å². The van der Waals surface area contributed by atoms with Crippen molar-refractivity contribution in [3.8, 4) is 6.07 Å². The van der Waals surface area contributed by atoms with Crippen molar-refractivity contribution in [2.75, 3.05) is 20.1 Å². The Balaban J connectivity index is 3.51. The van der Waals surface area contributed by atoms with Crippen LogP contribution in [0.4, 0.5) is 4.79 Å². The highest BCUT2D eigenvalue weighted by molar-refractivity contribution is 5.73. The summed E-state index contributed by atoms with van der Waals surface area (Å²) in [4.78, 5) is 12.4. The monoisotopic (exact) mass is 169 g/mol. The van der Waals surface area contributed by atoms with Crippen LogP contribution in [-0.2, 0) is 0 Å². The van der Waals surface area contributed by atoms with Crippen LogP contribution in [0.25, 0.3) is 0 Å². The number of carbonyl (C=O) groups excluding carboxylic acids is 1. The SMILES string of the molecule is CCCCNC(=O)N(C)CC#N. The molecule has 0 aliphatic rings. The summed E-state index contributed by atoms with van der Waals surface area (Å²) in [6, 6.07) is 1.73. The Morgan fingerprint density at radius 1 is 1.67 bits per heavy atom. The summed E-state index contributed by atoms with van der Waals surface area (Å²) in [6.45, 7) is 2.88. The van der Waals surface area contributed by atoms with Gasteiger partial charge in [-0.1, -0.05) is 13.3 Å². The van der Waals surface area contributed by atoms with Crippen molar-refractivity contribution in [2.24, 2.45) is 0 Å². The smallest absolute Gasteiger partial charge is 0.317 e. The molecule has 4 nitrogen and oxygen atoms in total. The van der Waals surface area contributed by atoms with E-state index in [1.165, 1.54) is 4.90 Å². The van der Waals surface area contributed by atoms with Gasteiger partial charge in [-0.3, -0.25) is 0 Å². The summed E-state index contributed by atoms with van der Waals surface area (Å²) in [5, 5.41) is 11.0. The molecule has 0 spiro atoms. The molecule has 4 heteroatoms. The average molecular weight is 169 g/mol. The Bertz CT molecular complexity index is 174. The lowest BCUT2D eigenvalue weighted by Crippen LogP contribution is -2.37. The van der Waals surface area contributed by atoms with E-state index in [9.17, 15) is 4.79 Å². The molecule has 0 aromatic rings. The van der Waals surface area contributed by atoms with Gasteiger partial charge in [0.15, 0.2) is 0 Å². The predicted molar refractivity (Wildman–Crippen MR) is 46.5 cm³/mol. The zero-order valence-electron chi connectivity index (χ0n) is 7.63. The maximum absolute atomic E-state index is 11.1. The molecule has 0 saturated heterocycles. The highest BCUT2D eigenvalue weighted by atomic mass is 16.2. The fourth-order valence-electron chi connectivity index (χ4n) is 0.685. The molecule has 1 N–H and O–H groups in total. The first kappa shape index (κ1) is 10.8. The zero-order valence-corrected chi connectivity index (χ0v) is 7.63. The summed E-state index contributed by atoms with van der Waals surface area (Å²) in [5.41, 5.74) is 0. The molecule has 12 heavy (non-hydrogen) atoms. The highest BCUT2D eigenvalue weighted by Crippen LogP contribution is 1.86. The second-order valence-electron chi connectivity index (χ2n) is 2.60. The molecular formula is C8H15N3O. The van der Waals surface area contributed by atoms with Crippen LogP contribution in [0, 0.1) is 11.3 Å². The molecule has 68 valence electrons. The Morgan fingerprint density at radius 2 is 2.33 bits per heavy atom. The third-order valence-electron chi connectivity index (χ3n) is 1.46. The third kappa shape index (κ3) is 4.56. The molecule has 0 fully saturated rings. The molecule has 0 heterocycles. The Labute approximate surface area is 73.2 Å². The number of nitriles is 1. The molecule has 0 aromatic heterocycles. The van der Waals surface area contributed by atoms with E-state index in [0.29, 0.717) is 6.54 Å². The molecule has 2 amide bonds. The van der Waals surface area contributed by atoms with Gasteiger partial charge in [0.2, 0.25) is 0 Å². The summed E-state index contributed by atoms with van der Waals surface area (Å²) in [6.07, 6.45) is 2.04. The Hall–Kier alpha value is -1.24. The second-order valence-corrected chi connectivity index (χ2v) is 2.60. The quantitative estimate of drug-likeness (QED) is 0.503. The van der Waals surface area contributed by atoms with Gasteiger partial charge in [0, 0.05) is 13.6 Å².